The van der Waals surface area contributed by atoms with E-state index in [0.717, 1.165) is 44.2 Å². The van der Waals surface area contributed by atoms with Crippen LogP contribution in [0.2, 0.25) is 0 Å². The summed E-state index contributed by atoms with van der Waals surface area (Å²) in [5, 5.41) is 11.3. The van der Waals surface area contributed by atoms with Gasteiger partial charge < -0.3 is 15.4 Å². The molecule has 4 rings (SSSR count). The third-order valence-corrected chi connectivity index (χ3v) is 4.24. The van der Waals surface area contributed by atoms with Crippen molar-refractivity contribution in [2.45, 2.75) is 19.1 Å². The number of ether oxygens (including phenoxy) is 1. The van der Waals surface area contributed by atoms with Gasteiger partial charge in [0.05, 0.1) is 6.20 Å². The van der Waals surface area contributed by atoms with Gasteiger partial charge in [-0.25, -0.2) is 4.68 Å². The number of nitrogens with zero attached hydrogens (tertiary/aromatic N) is 2. The van der Waals surface area contributed by atoms with Crippen molar-refractivity contribution in [1.82, 2.24) is 15.1 Å². The van der Waals surface area contributed by atoms with Gasteiger partial charge in [-0.2, -0.15) is 5.10 Å². The van der Waals surface area contributed by atoms with Crippen LogP contribution >= 0.6 is 0 Å². The Morgan fingerprint density at radius 1 is 1.29 bits per heavy atom. The highest BCUT2D eigenvalue weighted by Gasteiger charge is 2.23. The van der Waals surface area contributed by atoms with Crippen LogP contribution in [0.3, 0.4) is 0 Å². The van der Waals surface area contributed by atoms with E-state index in [0.29, 0.717) is 5.92 Å². The van der Waals surface area contributed by atoms with Gasteiger partial charge in [0, 0.05) is 44.6 Å². The third kappa shape index (κ3) is 2.61. The van der Waals surface area contributed by atoms with Crippen molar-refractivity contribution in [2.24, 2.45) is 5.92 Å². The van der Waals surface area contributed by atoms with Crippen molar-refractivity contribution in [3.63, 3.8) is 0 Å². The Morgan fingerprint density at radius 3 is 3.19 bits per heavy atom. The first-order chi connectivity index (χ1) is 10.4. The molecule has 110 valence electrons. The molecular formula is C16H20N4O. The largest absolute Gasteiger partial charge is 0.488 e. The van der Waals surface area contributed by atoms with Gasteiger partial charge >= 0.3 is 0 Å². The van der Waals surface area contributed by atoms with Crippen LogP contribution in [0.4, 0.5) is 5.82 Å². The average Bonchev–Trinajstić information content (AvgIpc) is 3.12. The molecular weight excluding hydrogens is 264 g/mol. The van der Waals surface area contributed by atoms with E-state index >= 15 is 0 Å². The molecule has 0 radical (unpaired) electrons. The minimum atomic E-state index is 0.263. The first kappa shape index (κ1) is 12.7. The van der Waals surface area contributed by atoms with E-state index in [-0.39, 0.29) is 6.10 Å². The van der Waals surface area contributed by atoms with E-state index in [1.54, 1.807) is 0 Å². The molecule has 0 saturated heterocycles. The fourth-order valence-corrected chi connectivity index (χ4v) is 3.14. The van der Waals surface area contributed by atoms with Gasteiger partial charge in [0.25, 0.3) is 0 Å². The molecule has 2 atom stereocenters. The summed E-state index contributed by atoms with van der Waals surface area (Å²) in [6.07, 6.45) is 3.12. The van der Waals surface area contributed by atoms with Crippen molar-refractivity contribution in [3.05, 3.63) is 42.1 Å². The molecule has 2 aliphatic heterocycles. The highest BCUT2D eigenvalue weighted by atomic mass is 16.5. The van der Waals surface area contributed by atoms with Crippen LogP contribution in [0.1, 0.15) is 5.56 Å². The van der Waals surface area contributed by atoms with E-state index in [9.17, 15) is 0 Å². The van der Waals surface area contributed by atoms with E-state index in [1.807, 2.05) is 23.0 Å². The average molecular weight is 284 g/mol. The quantitative estimate of drug-likeness (QED) is 0.894. The maximum atomic E-state index is 5.94. The van der Waals surface area contributed by atoms with E-state index in [4.69, 9.17) is 4.74 Å². The predicted octanol–water partition coefficient (Wildman–Crippen LogP) is 1.52. The molecule has 0 amide bonds. The van der Waals surface area contributed by atoms with Crippen LogP contribution < -0.4 is 15.4 Å². The number of para-hydroxylation sites is 1. The lowest BCUT2D eigenvalue weighted by atomic mass is 10.1. The summed E-state index contributed by atoms with van der Waals surface area (Å²) in [5.74, 6) is 2.74. The fraction of sp³-hybridized carbons (Fsp3) is 0.438. The molecule has 5 nitrogen and oxygen atoms in total. The van der Waals surface area contributed by atoms with Gasteiger partial charge in [-0.3, -0.25) is 0 Å². The Kier molecular flexibility index (Phi) is 3.27. The van der Waals surface area contributed by atoms with Crippen LogP contribution in [0, 0.1) is 5.92 Å². The number of rotatable bonds is 4. The van der Waals surface area contributed by atoms with Crippen LogP contribution in [0.5, 0.6) is 5.75 Å². The lowest BCUT2D eigenvalue weighted by Gasteiger charge is -2.25. The molecule has 21 heavy (non-hydrogen) atoms. The number of anilines is 1. The highest BCUT2D eigenvalue weighted by molar-refractivity contribution is 5.37. The minimum Gasteiger partial charge on any atom is -0.488 e. The maximum Gasteiger partial charge on any atom is 0.124 e. The van der Waals surface area contributed by atoms with E-state index in [2.05, 4.69) is 33.9 Å². The van der Waals surface area contributed by atoms with Crippen molar-refractivity contribution in [3.8, 4) is 5.75 Å². The SMILES string of the molecule is c1ccc2c(c1)C[C@H](CNC[C@@H]1CNc3ccnn3C1)O2. The van der Waals surface area contributed by atoms with Gasteiger partial charge in [-0.15, -0.1) is 0 Å². The minimum absolute atomic E-state index is 0.263. The summed E-state index contributed by atoms with van der Waals surface area (Å²) in [6.45, 7) is 3.87. The van der Waals surface area contributed by atoms with E-state index in [1.165, 1.54) is 5.56 Å². The molecule has 5 heteroatoms. The second-order valence-corrected chi connectivity index (χ2v) is 5.86. The fourth-order valence-electron chi connectivity index (χ4n) is 3.14. The Balaban J connectivity index is 1.25. The molecule has 0 fully saturated rings. The van der Waals surface area contributed by atoms with Crippen molar-refractivity contribution >= 4 is 5.82 Å². The molecule has 3 heterocycles. The number of hydrogen-bond acceptors (Lipinski definition) is 4. The molecule has 0 aliphatic carbocycles. The lowest BCUT2D eigenvalue weighted by Crippen LogP contribution is -2.38. The van der Waals surface area contributed by atoms with Crippen LogP contribution in [-0.4, -0.2) is 35.5 Å². The number of nitrogens with one attached hydrogen (secondary N) is 2. The molecule has 0 bridgehead atoms. The summed E-state index contributed by atoms with van der Waals surface area (Å²) < 4.78 is 7.98. The lowest BCUT2D eigenvalue weighted by molar-refractivity contribution is 0.223. The Labute approximate surface area is 124 Å². The van der Waals surface area contributed by atoms with Crippen LogP contribution in [0.25, 0.3) is 0 Å². The number of hydrogen-bond donors (Lipinski definition) is 2. The van der Waals surface area contributed by atoms with Crippen LogP contribution in [-0.2, 0) is 13.0 Å². The normalized spacial score (nSPS) is 23.0. The first-order valence-corrected chi connectivity index (χ1v) is 7.59. The molecule has 2 aromatic rings. The summed E-state index contributed by atoms with van der Waals surface area (Å²) in [6, 6.07) is 10.3. The van der Waals surface area contributed by atoms with E-state index < -0.39 is 0 Å². The second-order valence-electron chi connectivity index (χ2n) is 5.86. The molecule has 1 aromatic carbocycles. The smallest absolute Gasteiger partial charge is 0.124 e. The number of aromatic nitrogens is 2. The summed E-state index contributed by atoms with van der Waals surface area (Å²) in [4.78, 5) is 0. The van der Waals surface area contributed by atoms with Gasteiger partial charge in [0.2, 0.25) is 0 Å². The standard InChI is InChI=1S/C16H20N4O/c1-2-4-15-13(3-1)7-14(21-15)10-17-8-12-9-18-16-5-6-19-20(16)11-12/h1-6,12,14,17-18H,7-11H2/t12-,14-/m1/s1. The number of benzene rings is 1. The maximum absolute atomic E-state index is 5.94. The first-order valence-electron chi connectivity index (χ1n) is 7.59. The highest BCUT2D eigenvalue weighted by Crippen LogP contribution is 2.27. The summed E-state index contributed by atoms with van der Waals surface area (Å²) in [5.41, 5.74) is 1.32. The number of fused-ring (bicyclic) bond motifs is 2. The van der Waals surface area contributed by atoms with Crippen molar-refractivity contribution < 1.29 is 4.74 Å². The third-order valence-electron chi connectivity index (χ3n) is 4.24. The Hall–Kier alpha value is -2.01. The second kappa shape index (κ2) is 5.41. The molecule has 2 aliphatic rings. The summed E-state index contributed by atoms with van der Waals surface area (Å²) >= 11 is 0. The van der Waals surface area contributed by atoms with Crippen molar-refractivity contribution in [1.29, 1.82) is 0 Å². The van der Waals surface area contributed by atoms with Crippen LogP contribution in [0.15, 0.2) is 36.5 Å². The Bertz CT molecular complexity index is 597. The molecule has 2 N–H and O–H groups in total. The van der Waals surface area contributed by atoms with Gasteiger partial charge in [-0.05, 0) is 11.6 Å². The van der Waals surface area contributed by atoms with Gasteiger partial charge in [-0.1, -0.05) is 18.2 Å². The zero-order valence-corrected chi connectivity index (χ0v) is 12.0. The molecule has 0 spiro atoms. The molecule has 1 aromatic heterocycles. The predicted molar refractivity (Wildman–Crippen MR) is 81.6 cm³/mol. The van der Waals surface area contributed by atoms with Gasteiger partial charge in [0.1, 0.15) is 17.7 Å². The zero-order valence-electron chi connectivity index (χ0n) is 12.0. The molecule has 0 saturated carbocycles. The topological polar surface area (TPSA) is 51.1 Å². The van der Waals surface area contributed by atoms with Crippen molar-refractivity contribution in [2.75, 3.05) is 25.0 Å². The summed E-state index contributed by atoms with van der Waals surface area (Å²) in [7, 11) is 0. The molecule has 0 unspecified atom stereocenters. The monoisotopic (exact) mass is 284 g/mol. The van der Waals surface area contributed by atoms with Gasteiger partial charge in [0.15, 0.2) is 0 Å². The Morgan fingerprint density at radius 2 is 2.24 bits per heavy atom. The zero-order chi connectivity index (χ0) is 14.1.